The van der Waals surface area contributed by atoms with Gasteiger partial charge in [0.05, 0.1) is 13.7 Å². The Morgan fingerprint density at radius 2 is 1.85 bits per heavy atom. The van der Waals surface area contributed by atoms with Gasteiger partial charge in [-0.15, -0.1) is 0 Å². The van der Waals surface area contributed by atoms with Gasteiger partial charge in [0, 0.05) is 6.04 Å². The average Bonchev–Trinajstić information content (AvgIpc) is 2.50. The van der Waals surface area contributed by atoms with E-state index in [4.69, 9.17) is 9.47 Å². The van der Waals surface area contributed by atoms with Gasteiger partial charge in [-0.3, -0.25) is 0 Å². The van der Waals surface area contributed by atoms with Crippen molar-refractivity contribution in [2.75, 3.05) is 20.8 Å². The summed E-state index contributed by atoms with van der Waals surface area (Å²) in [4.78, 5) is 0. The predicted molar refractivity (Wildman–Crippen MR) is 84.7 cm³/mol. The monoisotopic (exact) mass is 279 g/mol. The van der Waals surface area contributed by atoms with E-state index in [9.17, 15) is 0 Å². The molecule has 0 fully saturated rings. The fourth-order valence-corrected chi connectivity index (χ4v) is 2.13. The highest BCUT2D eigenvalue weighted by Crippen LogP contribution is 2.30. The summed E-state index contributed by atoms with van der Waals surface area (Å²) in [7, 11) is 3.65. The van der Waals surface area contributed by atoms with Gasteiger partial charge in [-0.25, -0.2) is 0 Å². The zero-order valence-electron chi connectivity index (χ0n) is 13.4. The van der Waals surface area contributed by atoms with Crippen LogP contribution < -0.4 is 14.8 Å². The molecule has 0 saturated heterocycles. The van der Waals surface area contributed by atoms with Gasteiger partial charge in [0.1, 0.15) is 0 Å². The van der Waals surface area contributed by atoms with E-state index in [0.717, 1.165) is 24.5 Å². The van der Waals surface area contributed by atoms with Crippen molar-refractivity contribution in [3.63, 3.8) is 0 Å². The Kier molecular flexibility index (Phi) is 8.12. The van der Waals surface area contributed by atoms with Crippen LogP contribution in [0.3, 0.4) is 0 Å². The number of hydrogen-bond acceptors (Lipinski definition) is 3. The van der Waals surface area contributed by atoms with Gasteiger partial charge in [0.2, 0.25) is 0 Å². The topological polar surface area (TPSA) is 30.5 Å². The molecule has 0 heterocycles. The zero-order chi connectivity index (χ0) is 14.8. The van der Waals surface area contributed by atoms with E-state index in [0.29, 0.717) is 6.04 Å². The third kappa shape index (κ3) is 5.41. The Morgan fingerprint density at radius 1 is 1.10 bits per heavy atom. The first-order valence-corrected chi connectivity index (χ1v) is 7.71. The van der Waals surface area contributed by atoms with E-state index in [1.165, 1.54) is 31.2 Å². The van der Waals surface area contributed by atoms with Gasteiger partial charge in [-0.2, -0.15) is 0 Å². The van der Waals surface area contributed by atoms with Crippen molar-refractivity contribution >= 4 is 0 Å². The lowest BCUT2D eigenvalue weighted by molar-refractivity contribution is 0.284. The highest BCUT2D eigenvalue weighted by molar-refractivity contribution is 5.43. The standard InChI is InChI=1S/C17H29NO2/c1-5-6-7-8-9-12-20-16-11-10-15(14(2)18-3)13-17(16)19-4/h10-11,13-14,18H,5-9,12H2,1-4H3. The second-order valence-corrected chi connectivity index (χ2v) is 5.18. The highest BCUT2D eigenvalue weighted by atomic mass is 16.5. The lowest BCUT2D eigenvalue weighted by Crippen LogP contribution is -2.12. The van der Waals surface area contributed by atoms with E-state index < -0.39 is 0 Å². The van der Waals surface area contributed by atoms with Crippen molar-refractivity contribution in [2.45, 2.75) is 52.0 Å². The van der Waals surface area contributed by atoms with E-state index in [1.807, 2.05) is 19.2 Å². The minimum Gasteiger partial charge on any atom is -0.493 e. The van der Waals surface area contributed by atoms with Crippen LogP contribution in [-0.4, -0.2) is 20.8 Å². The molecule has 20 heavy (non-hydrogen) atoms. The summed E-state index contributed by atoms with van der Waals surface area (Å²) in [5.74, 6) is 1.66. The first kappa shape index (κ1) is 16.8. The Hall–Kier alpha value is -1.22. The Balaban J connectivity index is 2.49. The van der Waals surface area contributed by atoms with Gasteiger partial charge in [-0.1, -0.05) is 38.7 Å². The van der Waals surface area contributed by atoms with E-state index in [-0.39, 0.29) is 0 Å². The summed E-state index contributed by atoms with van der Waals surface area (Å²) in [5, 5.41) is 3.23. The molecule has 0 aliphatic rings. The molecule has 1 aromatic rings. The predicted octanol–water partition coefficient (Wildman–Crippen LogP) is 4.32. The summed E-state index contributed by atoms with van der Waals surface area (Å²) < 4.78 is 11.3. The molecule has 0 aliphatic heterocycles. The maximum atomic E-state index is 5.83. The van der Waals surface area contributed by atoms with Crippen LogP contribution >= 0.6 is 0 Å². The van der Waals surface area contributed by atoms with E-state index >= 15 is 0 Å². The van der Waals surface area contributed by atoms with Gasteiger partial charge in [-0.05, 0) is 38.1 Å². The molecule has 1 rings (SSSR count). The first-order valence-electron chi connectivity index (χ1n) is 7.71. The Labute approximate surface area is 123 Å². The molecule has 0 amide bonds. The Morgan fingerprint density at radius 3 is 2.50 bits per heavy atom. The SMILES string of the molecule is CCCCCCCOc1ccc(C(C)NC)cc1OC. The third-order valence-electron chi connectivity index (χ3n) is 3.63. The van der Waals surface area contributed by atoms with Gasteiger partial charge >= 0.3 is 0 Å². The van der Waals surface area contributed by atoms with Crippen molar-refractivity contribution in [2.24, 2.45) is 0 Å². The second-order valence-electron chi connectivity index (χ2n) is 5.18. The van der Waals surface area contributed by atoms with Crippen LogP contribution in [0.15, 0.2) is 18.2 Å². The van der Waals surface area contributed by atoms with Crippen LogP contribution in [0.4, 0.5) is 0 Å². The van der Waals surface area contributed by atoms with Crippen molar-refractivity contribution in [1.82, 2.24) is 5.32 Å². The third-order valence-corrected chi connectivity index (χ3v) is 3.63. The summed E-state index contributed by atoms with van der Waals surface area (Å²) in [5.41, 5.74) is 1.21. The molecule has 0 bridgehead atoms. The summed E-state index contributed by atoms with van der Waals surface area (Å²) in [6, 6.07) is 6.46. The molecule has 1 unspecified atom stereocenters. The Bertz CT molecular complexity index is 379. The average molecular weight is 279 g/mol. The molecular formula is C17H29NO2. The molecule has 114 valence electrons. The molecule has 1 N–H and O–H groups in total. The van der Waals surface area contributed by atoms with Crippen LogP contribution in [0.2, 0.25) is 0 Å². The number of unbranched alkanes of at least 4 members (excludes halogenated alkanes) is 4. The fraction of sp³-hybridized carbons (Fsp3) is 0.647. The first-order chi connectivity index (χ1) is 9.72. The molecule has 0 aliphatic carbocycles. The van der Waals surface area contributed by atoms with Crippen LogP contribution in [0, 0.1) is 0 Å². The molecule has 1 atom stereocenters. The van der Waals surface area contributed by atoms with Crippen molar-refractivity contribution in [3.05, 3.63) is 23.8 Å². The molecule has 1 aromatic carbocycles. The molecule has 3 nitrogen and oxygen atoms in total. The zero-order valence-corrected chi connectivity index (χ0v) is 13.4. The fourth-order valence-electron chi connectivity index (χ4n) is 2.13. The maximum Gasteiger partial charge on any atom is 0.161 e. The molecular weight excluding hydrogens is 250 g/mol. The quantitative estimate of drug-likeness (QED) is 0.647. The number of methoxy groups -OCH3 is 1. The van der Waals surface area contributed by atoms with Crippen LogP contribution in [0.5, 0.6) is 11.5 Å². The lowest BCUT2D eigenvalue weighted by atomic mass is 10.1. The second kappa shape index (κ2) is 9.65. The van der Waals surface area contributed by atoms with Crippen molar-refractivity contribution in [3.8, 4) is 11.5 Å². The molecule has 0 aromatic heterocycles. The van der Waals surface area contributed by atoms with Gasteiger partial charge in [0.25, 0.3) is 0 Å². The normalized spacial score (nSPS) is 12.2. The number of hydrogen-bond donors (Lipinski definition) is 1. The van der Waals surface area contributed by atoms with E-state index in [1.54, 1.807) is 7.11 Å². The molecule has 0 saturated carbocycles. The number of benzene rings is 1. The number of nitrogens with one attached hydrogen (secondary N) is 1. The van der Waals surface area contributed by atoms with Crippen molar-refractivity contribution in [1.29, 1.82) is 0 Å². The summed E-state index contributed by atoms with van der Waals surface area (Å²) >= 11 is 0. The molecule has 0 radical (unpaired) electrons. The van der Waals surface area contributed by atoms with Crippen molar-refractivity contribution < 1.29 is 9.47 Å². The number of ether oxygens (including phenoxy) is 2. The van der Waals surface area contributed by atoms with Gasteiger partial charge in [0.15, 0.2) is 11.5 Å². The highest BCUT2D eigenvalue weighted by Gasteiger charge is 2.09. The van der Waals surface area contributed by atoms with Crippen LogP contribution in [-0.2, 0) is 0 Å². The molecule has 3 heteroatoms. The largest absolute Gasteiger partial charge is 0.493 e. The molecule has 0 spiro atoms. The smallest absolute Gasteiger partial charge is 0.161 e. The van der Waals surface area contributed by atoms with Crippen LogP contribution in [0.25, 0.3) is 0 Å². The number of rotatable bonds is 10. The van der Waals surface area contributed by atoms with E-state index in [2.05, 4.69) is 25.2 Å². The van der Waals surface area contributed by atoms with Gasteiger partial charge < -0.3 is 14.8 Å². The summed E-state index contributed by atoms with van der Waals surface area (Å²) in [6.07, 6.45) is 6.25. The van der Waals surface area contributed by atoms with Crippen LogP contribution in [0.1, 0.15) is 57.6 Å². The lowest BCUT2D eigenvalue weighted by Gasteiger charge is -2.15. The summed E-state index contributed by atoms with van der Waals surface area (Å²) in [6.45, 7) is 5.12. The maximum absolute atomic E-state index is 5.83. The minimum atomic E-state index is 0.312. The minimum absolute atomic E-state index is 0.312.